The van der Waals surface area contributed by atoms with Crippen molar-refractivity contribution in [2.75, 3.05) is 13.1 Å². The molecule has 1 amide bonds. The molecule has 1 atom stereocenters. The summed E-state index contributed by atoms with van der Waals surface area (Å²) in [4.78, 5) is 16.4. The van der Waals surface area contributed by atoms with E-state index >= 15 is 0 Å². The zero-order valence-electron chi connectivity index (χ0n) is 12.2. The van der Waals surface area contributed by atoms with Gasteiger partial charge in [-0.3, -0.25) is 9.78 Å². The quantitative estimate of drug-likeness (QED) is 0.792. The minimum Gasteiger partial charge on any atom is -0.352 e. The Labute approximate surface area is 115 Å². The van der Waals surface area contributed by atoms with Crippen LogP contribution < -0.4 is 11.1 Å². The summed E-state index contributed by atoms with van der Waals surface area (Å²) in [5, 5.41) is 2.99. The fourth-order valence-electron chi connectivity index (χ4n) is 2.25. The van der Waals surface area contributed by atoms with Crippen molar-refractivity contribution in [2.24, 2.45) is 11.7 Å². The first-order chi connectivity index (χ1) is 9.08. The molecule has 1 aromatic heterocycles. The van der Waals surface area contributed by atoms with Crippen LogP contribution in [0.15, 0.2) is 12.1 Å². The second-order valence-electron chi connectivity index (χ2n) is 5.03. The van der Waals surface area contributed by atoms with Crippen molar-refractivity contribution >= 4 is 5.91 Å². The Hall–Kier alpha value is -1.42. The van der Waals surface area contributed by atoms with E-state index in [1.54, 1.807) is 0 Å². The average molecular weight is 263 g/mol. The molecule has 0 saturated heterocycles. The van der Waals surface area contributed by atoms with E-state index in [4.69, 9.17) is 5.73 Å². The zero-order valence-corrected chi connectivity index (χ0v) is 12.2. The first-order valence-electron chi connectivity index (χ1n) is 7.01. The van der Waals surface area contributed by atoms with Gasteiger partial charge in [-0.2, -0.15) is 0 Å². The maximum Gasteiger partial charge on any atom is 0.253 e. The topological polar surface area (TPSA) is 68.0 Å². The van der Waals surface area contributed by atoms with E-state index < -0.39 is 0 Å². The largest absolute Gasteiger partial charge is 0.352 e. The lowest BCUT2D eigenvalue weighted by Gasteiger charge is -2.16. The molecule has 0 radical (unpaired) electrons. The van der Waals surface area contributed by atoms with Gasteiger partial charge in [0.1, 0.15) is 0 Å². The van der Waals surface area contributed by atoms with E-state index in [-0.39, 0.29) is 5.91 Å². The summed E-state index contributed by atoms with van der Waals surface area (Å²) >= 11 is 0. The highest BCUT2D eigenvalue weighted by Gasteiger charge is 2.12. The van der Waals surface area contributed by atoms with Crippen molar-refractivity contribution in [1.82, 2.24) is 10.3 Å². The summed E-state index contributed by atoms with van der Waals surface area (Å²) in [7, 11) is 0. The smallest absolute Gasteiger partial charge is 0.253 e. The third kappa shape index (κ3) is 4.99. The lowest BCUT2D eigenvalue weighted by Crippen LogP contribution is -2.31. The van der Waals surface area contributed by atoms with Gasteiger partial charge < -0.3 is 11.1 Å². The zero-order chi connectivity index (χ0) is 14.3. The maximum atomic E-state index is 12.1. The van der Waals surface area contributed by atoms with Gasteiger partial charge in [-0.15, -0.1) is 0 Å². The molecule has 4 heteroatoms. The van der Waals surface area contributed by atoms with Crippen molar-refractivity contribution in [3.63, 3.8) is 0 Å². The van der Waals surface area contributed by atoms with E-state index in [0.29, 0.717) is 24.6 Å². The second-order valence-corrected chi connectivity index (χ2v) is 5.03. The van der Waals surface area contributed by atoms with Gasteiger partial charge in [-0.05, 0) is 51.3 Å². The molecule has 0 spiro atoms. The third-order valence-electron chi connectivity index (χ3n) is 3.29. The predicted octanol–water partition coefficient (Wildman–Crippen LogP) is 2.19. The van der Waals surface area contributed by atoms with E-state index in [0.717, 1.165) is 30.7 Å². The Balaban J connectivity index is 2.58. The van der Waals surface area contributed by atoms with Gasteiger partial charge in [0.05, 0.1) is 11.3 Å². The number of hydrogen-bond acceptors (Lipinski definition) is 3. The average Bonchev–Trinajstić information content (AvgIpc) is 2.36. The summed E-state index contributed by atoms with van der Waals surface area (Å²) in [6.07, 6.45) is 3.17. The first kappa shape index (κ1) is 15.6. The van der Waals surface area contributed by atoms with Crippen LogP contribution in [0.25, 0.3) is 0 Å². The van der Waals surface area contributed by atoms with Crippen molar-refractivity contribution in [3.05, 3.63) is 29.1 Å². The molecule has 1 heterocycles. The molecule has 0 aliphatic rings. The molecule has 0 aromatic carbocycles. The Morgan fingerprint density at radius 1 is 1.37 bits per heavy atom. The van der Waals surface area contributed by atoms with E-state index in [1.807, 2.05) is 26.0 Å². The van der Waals surface area contributed by atoms with Gasteiger partial charge >= 0.3 is 0 Å². The minimum absolute atomic E-state index is 0.0388. The van der Waals surface area contributed by atoms with Gasteiger partial charge in [0.15, 0.2) is 0 Å². The number of pyridine rings is 1. The van der Waals surface area contributed by atoms with Gasteiger partial charge in [0, 0.05) is 12.2 Å². The molecule has 0 aliphatic heterocycles. The van der Waals surface area contributed by atoms with Crippen LogP contribution in [0, 0.1) is 19.8 Å². The van der Waals surface area contributed by atoms with E-state index in [2.05, 4.69) is 17.2 Å². The van der Waals surface area contributed by atoms with Crippen molar-refractivity contribution in [2.45, 2.75) is 40.0 Å². The van der Waals surface area contributed by atoms with Gasteiger partial charge in [-0.1, -0.05) is 13.3 Å². The van der Waals surface area contributed by atoms with Gasteiger partial charge in [-0.25, -0.2) is 0 Å². The summed E-state index contributed by atoms with van der Waals surface area (Å²) in [5.41, 5.74) is 7.97. The Morgan fingerprint density at radius 3 is 2.68 bits per heavy atom. The molecule has 106 valence electrons. The molecular formula is C15H25N3O. The first-order valence-corrected chi connectivity index (χ1v) is 7.01. The number of nitrogens with two attached hydrogens (primary N) is 1. The van der Waals surface area contributed by atoms with Crippen LogP contribution in [0.5, 0.6) is 0 Å². The summed E-state index contributed by atoms with van der Waals surface area (Å²) < 4.78 is 0. The summed E-state index contributed by atoms with van der Waals surface area (Å²) in [6, 6.07) is 3.70. The highest BCUT2D eigenvalue weighted by Crippen LogP contribution is 2.10. The van der Waals surface area contributed by atoms with Gasteiger partial charge in [0.2, 0.25) is 0 Å². The Morgan fingerprint density at radius 2 is 2.11 bits per heavy atom. The lowest BCUT2D eigenvalue weighted by molar-refractivity contribution is 0.0944. The molecule has 3 N–H and O–H groups in total. The molecular weight excluding hydrogens is 238 g/mol. The van der Waals surface area contributed by atoms with Crippen molar-refractivity contribution in [1.29, 1.82) is 0 Å². The van der Waals surface area contributed by atoms with Crippen LogP contribution in [0.2, 0.25) is 0 Å². The van der Waals surface area contributed by atoms with E-state index in [9.17, 15) is 4.79 Å². The molecule has 1 unspecified atom stereocenters. The molecule has 1 rings (SSSR count). The predicted molar refractivity (Wildman–Crippen MR) is 78.1 cm³/mol. The van der Waals surface area contributed by atoms with Crippen molar-refractivity contribution < 1.29 is 4.79 Å². The number of amides is 1. The number of rotatable bonds is 7. The normalized spacial score (nSPS) is 12.2. The molecule has 0 fully saturated rings. The molecule has 4 nitrogen and oxygen atoms in total. The number of aromatic nitrogens is 1. The molecule has 0 aliphatic carbocycles. The van der Waals surface area contributed by atoms with E-state index in [1.165, 1.54) is 0 Å². The molecule has 0 bridgehead atoms. The van der Waals surface area contributed by atoms with Crippen LogP contribution >= 0.6 is 0 Å². The fraction of sp³-hybridized carbons (Fsp3) is 0.600. The molecule has 0 saturated carbocycles. The molecule has 1 aromatic rings. The highest BCUT2D eigenvalue weighted by molar-refractivity contribution is 5.95. The van der Waals surface area contributed by atoms with Gasteiger partial charge in [0.25, 0.3) is 5.91 Å². The highest BCUT2D eigenvalue weighted by atomic mass is 16.1. The fourth-order valence-corrected chi connectivity index (χ4v) is 2.25. The van der Waals surface area contributed by atoms with Crippen LogP contribution in [0.3, 0.4) is 0 Å². The monoisotopic (exact) mass is 263 g/mol. The van der Waals surface area contributed by atoms with Crippen LogP contribution in [0.4, 0.5) is 0 Å². The standard InChI is InChI=1S/C15H25N3O/c1-4-5-13(8-9-16)10-17-15(19)14-7-6-11(2)18-12(14)3/h6-7,13H,4-5,8-10,16H2,1-3H3,(H,17,19). The third-order valence-corrected chi connectivity index (χ3v) is 3.29. The number of hydrogen-bond donors (Lipinski definition) is 2. The Bertz CT molecular complexity index is 412. The van der Waals surface area contributed by atoms with Crippen LogP contribution in [-0.2, 0) is 0 Å². The second kappa shape index (κ2) is 7.89. The lowest BCUT2D eigenvalue weighted by atomic mass is 9.99. The summed E-state index contributed by atoms with van der Waals surface area (Å²) in [5.74, 6) is 0.431. The number of nitrogens with one attached hydrogen (secondary N) is 1. The Kier molecular flexibility index (Phi) is 6.50. The van der Waals surface area contributed by atoms with Crippen molar-refractivity contribution in [3.8, 4) is 0 Å². The van der Waals surface area contributed by atoms with Crippen LogP contribution in [0.1, 0.15) is 47.9 Å². The molecule has 19 heavy (non-hydrogen) atoms. The number of nitrogens with zero attached hydrogens (tertiary/aromatic N) is 1. The number of carbonyl (C=O) groups excluding carboxylic acids is 1. The number of aryl methyl sites for hydroxylation is 2. The van der Waals surface area contributed by atoms with Crippen LogP contribution in [-0.4, -0.2) is 24.0 Å². The minimum atomic E-state index is -0.0388. The number of carbonyl (C=O) groups is 1. The summed E-state index contributed by atoms with van der Waals surface area (Å²) in [6.45, 7) is 7.31. The maximum absolute atomic E-state index is 12.1. The SMILES string of the molecule is CCCC(CCN)CNC(=O)c1ccc(C)nc1C.